The lowest BCUT2D eigenvalue weighted by Crippen LogP contribution is -2.52. The lowest BCUT2D eigenvalue weighted by molar-refractivity contribution is -0.128. The zero-order valence-electron chi connectivity index (χ0n) is 16.3. The van der Waals surface area contributed by atoms with Gasteiger partial charge >= 0.3 is 0 Å². The number of halogens is 1. The van der Waals surface area contributed by atoms with Crippen molar-refractivity contribution in [1.29, 1.82) is 0 Å². The van der Waals surface area contributed by atoms with Crippen molar-refractivity contribution in [1.82, 2.24) is 10.2 Å². The number of hydrogen-bond acceptors (Lipinski definition) is 3. The number of rotatable bonds is 6. The van der Waals surface area contributed by atoms with E-state index in [9.17, 15) is 9.18 Å². The Bertz CT molecular complexity index is 614. The molecule has 0 aromatic heterocycles. The molecule has 0 saturated carbocycles. The number of anilines is 1. The minimum atomic E-state index is -0.186. The van der Waals surface area contributed by atoms with Crippen LogP contribution in [0.1, 0.15) is 46.5 Å². The van der Waals surface area contributed by atoms with Gasteiger partial charge in [0.2, 0.25) is 5.91 Å². The third kappa shape index (κ3) is 3.88. The van der Waals surface area contributed by atoms with Crippen LogP contribution in [0.4, 0.5) is 10.1 Å². The molecule has 2 fully saturated rings. The molecule has 0 aliphatic carbocycles. The van der Waals surface area contributed by atoms with E-state index in [1.54, 1.807) is 0 Å². The molecule has 144 valence electrons. The molecule has 1 N–H and O–H groups in total. The minimum absolute atomic E-state index is 0.141. The van der Waals surface area contributed by atoms with Crippen molar-refractivity contribution in [2.45, 2.75) is 58.5 Å². The van der Waals surface area contributed by atoms with Gasteiger partial charge < -0.3 is 10.2 Å². The molecular formula is C21H32FN3O. The van der Waals surface area contributed by atoms with Crippen LogP contribution in [0, 0.1) is 11.2 Å². The molecule has 2 saturated heterocycles. The van der Waals surface area contributed by atoms with Crippen LogP contribution < -0.4 is 10.2 Å². The van der Waals surface area contributed by atoms with E-state index in [1.165, 1.54) is 12.1 Å². The van der Waals surface area contributed by atoms with Gasteiger partial charge in [-0.25, -0.2) is 4.39 Å². The molecule has 2 aliphatic rings. The number of carbonyl (C=O) groups excluding carboxylic acids is 1. The molecule has 2 atom stereocenters. The summed E-state index contributed by atoms with van der Waals surface area (Å²) in [6.07, 6.45) is 3.86. The van der Waals surface area contributed by atoms with E-state index in [0.29, 0.717) is 12.1 Å². The first-order chi connectivity index (χ1) is 12.5. The van der Waals surface area contributed by atoms with Crippen LogP contribution in [0.25, 0.3) is 0 Å². The molecule has 1 aromatic rings. The molecule has 2 heterocycles. The maximum atomic E-state index is 13.1. The monoisotopic (exact) mass is 361 g/mol. The van der Waals surface area contributed by atoms with E-state index >= 15 is 0 Å². The Morgan fingerprint density at radius 1 is 1.19 bits per heavy atom. The molecule has 0 unspecified atom stereocenters. The Labute approximate surface area is 156 Å². The second-order valence-corrected chi connectivity index (χ2v) is 7.96. The van der Waals surface area contributed by atoms with E-state index in [-0.39, 0.29) is 17.1 Å². The number of carbonyl (C=O) groups is 1. The van der Waals surface area contributed by atoms with Crippen LogP contribution in [0.3, 0.4) is 0 Å². The van der Waals surface area contributed by atoms with E-state index in [1.807, 2.05) is 12.1 Å². The van der Waals surface area contributed by atoms with Gasteiger partial charge in [-0.3, -0.25) is 9.69 Å². The van der Waals surface area contributed by atoms with Crippen LogP contribution in [0.15, 0.2) is 24.3 Å². The van der Waals surface area contributed by atoms with Crippen molar-refractivity contribution in [3.8, 4) is 0 Å². The molecule has 0 bridgehead atoms. The number of nitrogens with one attached hydrogen (secondary N) is 1. The quantitative estimate of drug-likeness (QED) is 0.843. The fourth-order valence-corrected chi connectivity index (χ4v) is 4.52. The summed E-state index contributed by atoms with van der Waals surface area (Å²) in [5.74, 6) is 0.0657. The topological polar surface area (TPSA) is 35.6 Å². The third-order valence-corrected chi connectivity index (χ3v) is 6.53. The zero-order valence-corrected chi connectivity index (χ0v) is 16.3. The van der Waals surface area contributed by atoms with Gasteiger partial charge in [0.1, 0.15) is 5.82 Å². The SMILES string of the molecule is CCC1(CC)C[C@H](CCN2CCN(c3ccc(F)cc3)C[C@@H]2C)NC1=O. The normalized spacial score (nSPS) is 26.2. The molecule has 1 aromatic carbocycles. The van der Waals surface area contributed by atoms with Crippen molar-refractivity contribution in [2.24, 2.45) is 5.41 Å². The summed E-state index contributed by atoms with van der Waals surface area (Å²) in [5.41, 5.74) is 0.953. The van der Waals surface area contributed by atoms with Gasteiger partial charge in [0.15, 0.2) is 0 Å². The predicted molar refractivity (Wildman–Crippen MR) is 104 cm³/mol. The molecular weight excluding hydrogens is 329 g/mol. The smallest absolute Gasteiger partial charge is 0.226 e. The average Bonchev–Trinajstić information content (AvgIpc) is 2.97. The maximum Gasteiger partial charge on any atom is 0.226 e. The number of nitrogens with zero attached hydrogens (tertiary/aromatic N) is 2. The highest BCUT2D eigenvalue weighted by Crippen LogP contribution is 2.37. The van der Waals surface area contributed by atoms with Crippen LogP contribution in [0.5, 0.6) is 0 Å². The molecule has 4 nitrogen and oxygen atoms in total. The second kappa shape index (κ2) is 7.95. The van der Waals surface area contributed by atoms with Gasteiger partial charge in [-0.05, 0) is 56.9 Å². The standard InChI is InChI=1S/C21H32FN3O/c1-4-21(5-2)14-18(23-20(21)26)10-11-24-12-13-25(15-16(24)3)19-8-6-17(22)7-9-19/h6-9,16,18H,4-5,10-15H2,1-3H3,(H,23,26)/t16-,18-/m0/s1. The molecule has 0 spiro atoms. The summed E-state index contributed by atoms with van der Waals surface area (Å²) in [6, 6.07) is 7.55. The second-order valence-electron chi connectivity index (χ2n) is 7.96. The van der Waals surface area contributed by atoms with Crippen molar-refractivity contribution in [3.63, 3.8) is 0 Å². The molecule has 3 rings (SSSR count). The Kier molecular flexibility index (Phi) is 5.86. The van der Waals surface area contributed by atoms with Crippen LogP contribution in [-0.2, 0) is 4.79 Å². The largest absolute Gasteiger partial charge is 0.369 e. The number of piperazine rings is 1. The summed E-state index contributed by atoms with van der Waals surface area (Å²) in [4.78, 5) is 17.2. The van der Waals surface area contributed by atoms with E-state index in [0.717, 1.165) is 57.5 Å². The number of hydrogen-bond donors (Lipinski definition) is 1. The first-order valence-electron chi connectivity index (χ1n) is 10.0. The van der Waals surface area contributed by atoms with Gasteiger partial charge in [-0.1, -0.05) is 13.8 Å². The zero-order chi connectivity index (χ0) is 18.7. The highest BCUT2D eigenvalue weighted by atomic mass is 19.1. The van der Waals surface area contributed by atoms with Crippen molar-refractivity contribution < 1.29 is 9.18 Å². The lowest BCUT2D eigenvalue weighted by atomic mass is 9.79. The average molecular weight is 362 g/mol. The van der Waals surface area contributed by atoms with E-state index < -0.39 is 0 Å². The van der Waals surface area contributed by atoms with Gasteiger partial charge in [0.25, 0.3) is 0 Å². The summed E-state index contributed by atoms with van der Waals surface area (Å²) in [5, 5.41) is 3.23. The lowest BCUT2D eigenvalue weighted by Gasteiger charge is -2.41. The van der Waals surface area contributed by atoms with Gasteiger partial charge in [0, 0.05) is 44.0 Å². The minimum Gasteiger partial charge on any atom is -0.369 e. The van der Waals surface area contributed by atoms with E-state index in [2.05, 4.69) is 35.9 Å². The number of amides is 1. The Morgan fingerprint density at radius 3 is 2.46 bits per heavy atom. The summed E-state index contributed by atoms with van der Waals surface area (Å²) >= 11 is 0. The van der Waals surface area contributed by atoms with Crippen LogP contribution in [-0.4, -0.2) is 49.1 Å². The first kappa shape index (κ1) is 19.2. The van der Waals surface area contributed by atoms with Crippen LogP contribution >= 0.6 is 0 Å². The van der Waals surface area contributed by atoms with Gasteiger partial charge in [0.05, 0.1) is 5.41 Å². The van der Waals surface area contributed by atoms with Gasteiger partial charge in [-0.2, -0.15) is 0 Å². The predicted octanol–water partition coefficient (Wildman–Crippen LogP) is 3.42. The van der Waals surface area contributed by atoms with Crippen molar-refractivity contribution in [2.75, 3.05) is 31.1 Å². The van der Waals surface area contributed by atoms with Crippen LogP contribution in [0.2, 0.25) is 0 Å². The van der Waals surface area contributed by atoms with Gasteiger partial charge in [-0.15, -0.1) is 0 Å². The summed E-state index contributed by atoms with van der Waals surface area (Å²) in [7, 11) is 0. The van der Waals surface area contributed by atoms with Crippen molar-refractivity contribution >= 4 is 11.6 Å². The third-order valence-electron chi connectivity index (χ3n) is 6.53. The molecule has 2 aliphatic heterocycles. The van der Waals surface area contributed by atoms with E-state index in [4.69, 9.17) is 0 Å². The molecule has 5 heteroatoms. The molecule has 26 heavy (non-hydrogen) atoms. The molecule has 1 amide bonds. The Hall–Kier alpha value is -1.62. The molecule has 0 radical (unpaired) electrons. The Balaban J connectivity index is 1.50. The first-order valence-corrected chi connectivity index (χ1v) is 10.0. The fraction of sp³-hybridized carbons (Fsp3) is 0.667. The van der Waals surface area contributed by atoms with Crippen molar-refractivity contribution in [3.05, 3.63) is 30.1 Å². The fourth-order valence-electron chi connectivity index (χ4n) is 4.52. The Morgan fingerprint density at radius 2 is 1.88 bits per heavy atom. The highest BCUT2D eigenvalue weighted by Gasteiger charge is 2.43. The number of benzene rings is 1. The summed E-state index contributed by atoms with van der Waals surface area (Å²) < 4.78 is 13.1. The summed E-state index contributed by atoms with van der Waals surface area (Å²) in [6.45, 7) is 10.5. The highest BCUT2D eigenvalue weighted by molar-refractivity contribution is 5.85. The maximum absolute atomic E-state index is 13.1.